The molecule has 94 valence electrons. The Morgan fingerprint density at radius 1 is 1.00 bits per heavy atom. The van der Waals surface area contributed by atoms with Gasteiger partial charge in [-0.25, -0.2) is 0 Å². The van der Waals surface area contributed by atoms with Crippen LogP contribution >= 0.6 is 0 Å². The molecular weight excluding hydrogens is 222 g/mol. The highest BCUT2D eigenvalue weighted by atomic mass is 16.5. The molecule has 0 aliphatic heterocycles. The highest BCUT2D eigenvalue weighted by molar-refractivity contribution is 5.36. The first kappa shape index (κ1) is 12.7. The molecule has 2 heteroatoms. The smallest absolute Gasteiger partial charge is 0.127 e. The average molecular weight is 241 g/mol. The Hall–Kier alpha value is -1.80. The lowest BCUT2D eigenvalue weighted by atomic mass is 10.1. The van der Waals surface area contributed by atoms with Crippen molar-refractivity contribution < 1.29 is 4.74 Å². The van der Waals surface area contributed by atoms with E-state index in [4.69, 9.17) is 4.74 Å². The van der Waals surface area contributed by atoms with Crippen LogP contribution in [0, 0.1) is 6.92 Å². The predicted molar refractivity (Wildman–Crippen MR) is 75.2 cm³/mol. The van der Waals surface area contributed by atoms with Gasteiger partial charge in [-0.3, -0.25) is 0 Å². The van der Waals surface area contributed by atoms with Gasteiger partial charge in [-0.15, -0.1) is 0 Å². The number of ether oxygens (including phenoxy) is 1. The summed E-state index contributed by atoms with van der Waals surface area (Å²) in [6, 6.07) is 16.6. The number of rotatable bonds is 4. The summed E-state index contributed by atoms with van der Waals surface area (Å²) in [4.78, 5) is 0. The molecule has 0 amide bonds. The molecule has 1 atom stereocenters. The fourth-order valence-corrected chi connectivity index (χ4v) is 1.83. The summed E-state index contributed by atoms with van der Waals surface area (Å²) in [5, 5.41) is 3.23. The summed E-state index contributed by atoms with van der Waals surface area (Å²) in [6.45, 7) is 4.19. The molecule has 0 spiro atoms. The van der Waals surface area contributed by atoms with Gasteiger partial charge in [0.05, 0.1) is 0 Å². The fourth-order valence-electron chi connectivity index (χ4n) is 1.83. The molecule has 2 nitrogen and oxygen atoms in total. The van der Waals surface area contributed by atoms with E-state index in [1.54, 1.807) is 0 Å². The van der Waals surface area contributed by atoms with E-state index in [1.165, 1.54) is 11.1 Å². The van der Waals surface area contributed by atoms with Crippen LogP contribution in [0.1, 0.15) is 24.1 Å². The zero-order valence-electron chi connectivity index (χ0n) is 11.1. The van der Waals surface area contributed by atoms with Gasteiger partial charge in [0, 0.05) is 6.04 Å². The molecule has 0 radical (unpaired) electrons. The number of hydrogen-bond donors (Lipinski definition) is 1. The predicted octanol–water partition coefficient (Wildman–Crippen LogP) is 4.07. The molecule has 0 aliphatic carbocycles. The highest BCUT2D eigenvalue weighted by Crippen LogP contribution is 2.24. The Labute approximate surface area is 109 Å². The van der Waals surface area contributed by atoms with E-state index in [0.29, 0.717) is 6.04 Å². The summed E-state index contributed by atoms with van der Waals surface area (Å²) in [5.74, 6) is 1.75. The SMILES string of the molecule is CNC(C)c1cccc(Oc2cccc(C)c2)c1. The van der Waals surface area contributed by atoms with Gasteiger partial charge in [0.1, 0.15) is 11.5 Å². The van der Waals surface area contributed by atoms with Crippen LogP contribution in [0.5, 0.6) is 11.5 Å². The van der Waals surface area contributed by atoms with E-state index >= 15 is 0 Å². The first-order valence-corrected chi connectivity index (χ1v) is 6.21. The van der Waals surface area contributed by atoms with E-state index in [2.05, 4.69) is 37.4 Å². The largest absolute Gasteiger partial charge is 0.457 e. The van der Waals surface area contributed by atoms with Crippen molar-refractivity contribution in [3.63, 3.8) is 0 Å². The lowest BCUT2D eigenvalue weighted by molar-refractivity contribution is 0.480. The Kier molecular flexibility index (Phi) is 4.00. The van der Waals surface area contributed by atoms with Crippen molar-refractivity contribution in [1.29, 1.82) is 0 Å². The average Bonchev–Trinajstić information content (AvgIpc) is 2.38. The number of benzene rings is 2. The summed E-state index contributed by atoms with van der Waals surface area (Å²) >= 11 is 0. The van der Waals surface area contributed by atoms with E-state index in [1.807, 2.05) is 37.4 Å². The molecule has 0 saturated heterocycles. The molecule has 0 aliphatic rings. The van der Waals surface area contributed by atoms with Crippen LogP contribution in [0.4, 0.5) is 0 Å². The third kappa shape index (κ3) is 3.11. The summed E-state index contributed by atoms with van der Waals surface area (Å²) in [5.41, 5.74) is 2.43. The normalized spacial score (nSPS) is 12.2. The molecule has 18 heavy (non-hydrogen) atoms. The van der Waals surface area contributed by atoms with Crippen molar-refractivity contribution in [3.8, 4) is 11.5 Å². The van der Waals surface area contributed by atoms with Crippen LogP contribution in [-0.4, -0.2) is 7.05 Å². The van der Waals surface area contributed by atoms with Crippen molar-refractivity contribution in [2.75, 3.05) is 7.05 Å². The van der Waals surface area contributed by atoms with Crippen molar-refractivity contribution in [1.82, 2.24) is 5.32 Å². The molecule has 2 aromatic carbocycles. The quantitative estimate of drug-likeness (QED) is 0.871. The topological polar surface area (TPSA) is 21.3 Å². The van der Waals surface area contributed by atoms with Gasteiger partial charge < -0.3 is 10.1 Å². The van der Waals surface area contributed by atoms with E-state index in [-0.39, 0.29) is 0 Å². The third-order valence-corrected chi connectivity index (χ3v) is 3.02. The monoisotopic (exact) mass is 241 g/mol. The van der Waals surface area contributed by atoms with Crippen LogP contribution in [0.25, 0.3) is 0 Å². The van der Waals surface area contributed by atoms with Gasteiger partial charge in [-0.2, -0.15) is 0 Å². The molecule has 1 N–H and O–H groups in total. The summed E-state index contributed by atoms with van der Waals surface area (Å²) in [6.07, 6.45) is 0. The highest BCUT2D eigenvalue weighted by Gasteiger charge is 2.04. The maximum Gasteiger partial charge on any atom is 0.127 e. The molecule has 1 unspecified atom stereocenters. The molecule has 0 fully saturated rings. The van der Waals surface area contributed by atoms with E-state index in [0.717, 1.165) is 11.5 Å². The molecule has 0 saturated carbocycles. The molecule has 0 heterocycles. The second-order valence-electron chi connectivity index (χ2n) is 4.50. The minimum atomic E-state index is 0.325. The zero-order valence-corrected chi connectivity index (χ0v) is 11.1. The van der Waals surface area contributed by atoms with Crippen LogP contribution in [-0.2, 0) is 0 Å². The van der Waals surface area contributed by atoms with Gasteiger partial charge in [-0.1, -0.05) is 24.3 Å². The van der Waals surface area contributed by atoms with Crippen LogP contribution < -0.4 is 10.1 Å². The minimum Gasteiger partial charge on any atom is -0.457 e. The first-order valence-electron chi connectivity index (χ1n) is 6.21. The van der Waals surface area contributed by atoms with Crippen LogP contribution in [0.2, 0.25) is 0 Å². The Bertz CT molecular complexity index is 522. The standard InChI is InChI=1S/C16H19NO/c1-12-6-4-8-15(10-12)18-16-9-5-7-14(11-16)13(2)17-3/h4-11,13,17H,1-3H3. The molecular formula is C16H19NO. The lowest BCUT2D eigenvalue weighted by Gasteiger charge is -2.12. The van der Waals surface area contributed by atoms with Crippen molar-refractivity contribution in [2.24, 2.45) is 0 Å². The maximum absolute atomic E-state index is 5.87. The van der Waals surface area contributed by atoms with Crippen molar-refractivity contribution >= 4 is 0 Å². The van der Waals surface area contributed by atoms with Crippen LogP contribution in [0.15, 0.2) is 48.5 Å². The Balaban J connectivity index is 2.19. The fraction of sp³-hybridized carbons (Fsp3) is 0.250. The van der Waals surface area contributed by atoms with Gasteiger partial charge in [0.25, 0.3) is 0 Å². The molecule has 0 aromatic heterocycles. The minimum absolute atomic E-state index is 0.325. The third-order valence-electron chi connectivity index (χ3n) is 3.02. The van der Waals surface area contributed by atoms with E-state index < -0.39 is 0 Å². The van der Waals surface area contributed by atoms with Crippen LogP contribution in [0.3, 0.4) is 0 Å². The van der Waals surface area contributed by atoms with Gasteiger partial charge in [-0.05, 0) is 56.3 Å². The Morgan fingerprint density at radius 2 is 1.67 bits per heavy atom. The summed E-state index contributed by atoms with van der Waals surface area (Å²) < 4.78 is 5.87. The van der Waals surface area contributed by atoms with Gasteiger partial charge in [0.2, 0.25) is 0 Å². The summed E-state index contributed by atoms with van der Waals surface area (Å²) in [7, 11) is 1.96. The first-order chi connectivity index (χ1) is 8.69. The Morgan fingerprint density at radius 3 is 2.33 bits per heavy atom. The zero-order chi connectivity index (χ0) is 13.0. The van der Waals surface area contributed by atoms with Gasteiger partial charge >= 0.3 is 0 Å². The maximum atomic E-state index is 5.87. The molecule has 0 bridgehead atoms. The van der Waals surface area contributed by atoms with E-state index in [9.17, 15) is 0 Å². The molecule has 2 rings (SSSR count). The number of nitrogens with one attached hydrogen (secondary N) is 1. The second-order valence-corrected chi connectivity index (χ2v) is 4.50. The number of hydrogen-bond acceptors (Lipinski definition) is 2. The second kappa shape index (κ2) is 5.69. The van der Waals surface area contributed by atoms with Crippen molar-refractivity contribution in [3.05, 3.63) is 59.7 Å². The number of aryl methyl sites for hydroxylation is 1. The molecule has 2 aromatic rings. The van der Waals surface area contributed by atoms with Crippen molar-refractivity contribution in [2.45, 2.75) is 19.9 Å². The van der Waals surface area contributed by atoms with Gasteiger partial charge in [0.15, 0.2) is 0 Å². The lowest BCUT2D eigenvalue weighted by Crippen LogP contribution is -2.11.